The number of anilines is 1. The third kappa shape index (κ3) is 2.56. The number of aliphatic hydroxyl groups is 1. The number of aliphatic hydroxyl groups excluding tert-OH is 1. The van der Waals surface area contributed by atoms with Gasteiger partial charge in [0.25, 0.3) is 5.56 Å². The summed E-state index contributed by atoms with van der Waals surface area (Å²) >= 11 is 0. The van der Waals surface area contributed by atoms with Gasteiger partial charge in [-0.2, -0.15) is 0 Å². The second-order valence-electron chi connectivity index (χ2n) is 3.05. The lowest BCUT2D eigenvalue weighted by Crippen LogP contribution is -2.25. The zero-order valence-electron chi connectivity index (χ0n) is 8.45. The van der Waals surface area contributed by atoms with Crippen molar-refractivity contribution in [1.29, 1.82) is 0 Å². The van der Waals surface area contributed by atoms with Gasteiger partial charge in [0, 0.05) is 26.1 Å². The van der Waals surface area contributed by atoms with Gasteiger partial charge in [-0.3, -0.25) is 4.79 Å². The molecule has 1 rings (SSSR count). The Labute approximate surface area is 82.4 Å². The minimum absolute atomic E-state index is 0.0481. The van der Waals surface area contributed by atoms with E-state index in [2.05, 4.69) is 9.97 Å². The van der Waals surface area contributed by atoms with E-state index in [4.69, 9.17) is 5.11 Å². The van der Waals surface area contributed by atoms with Crippen LogP contribution in [-0.2, 0) is 6.42 Å². The zero-order chi connectivity index (χ0) is 10.6. The first-order valence-electron chi connectivity index (χ1n) is 4.59. The first kappa shape index (κ1) is 10.7. The molecule has 1 aromatic rings. The van der Waals surface area contributed by atoms with E-state index < -0.39 is 0 Å². The number of aromatic amines is 1. The molecule has 1 aromatic heterocycles. The molecule has 0 bridgehead atoms. The van der Waals surface area contributed by atoms with Gasteiger partial charge in [-0.05, 0) is 0 Å². The van der Waals surface area contributed by atoms with E-state index in [0.717, 1.165) is 0 Å². The second-order valence-corrected chi connectivity index (χ2v) is 3.05. The number of hydrogen-bond acceptors (Lipinski definition) is 4. The fraction of sp³-hybridized carbons (Fsp3) is 0.556. The van der Waals surface area contributed by atoms with Crippen LogP contribution in [0.2, 0.25) is 0 Å². The van der Waals surface area contributed by atoms with Crippen molar-refractivity contribution in [1.82, 2.24) is 9.97 Å². The van der Waals surface area contributed by atoms with Crippen LogP contribution in [0.1, 0.15) is 12.7 Å². The van der Waals surface area contributed by atoms with Gasteiger partial charge in [-0.25, -0.2) is 4.98 Å². The smallest absolute Gasteiger partial charge is 0.252 e. The van der Waals surface area contributed by atoms with Gasteiger partial charge < -0.3 is 15.0 Å². The highest BCUT2D eigenvalue weighted by Gasteiger charge is 2.04. The van der Waals surface area contributed by atoms with Crippen molar-refractivity contribution in [2.75, 3.05) is 25.1 Å². The molecule has 0 fully saturated rings. The molecule has 5 heteroatoms. The molecule has 0 unspecified atom stereocenters. The predicted octanol–water partition coefficient (Wildman–Crippen LogP) is -0.239. The number of likely N-dealkylation sites (N-methyl/N-ethyl adjacent to an activating group) is 1. The zero-order valence-corrected chi connectivity index (χ0v) is 8.45. The molecule has 0 aromatic carbocycles. The van der Waals surface area contributed by atoms with E-state index in [9.17, 15) is 4.79 Å². The molecule has 0 spiro atoms. The number of nitrogens with zero attached hydrogens (tertiary/aromatic N) is 2. The van der Waals surface area contributed by atoms with E-state index in [1.54, 1.807) is 11.9 Å². The summed E-state index contributed by atoms with van der Waals surface area (Å²) in [7, 11) is 1.79. The minimum Gasteiger partial charge on any atom is -0.395 e. The van der Waals surface area contributed by atoms with Crippen LogP contribution in [0.15, 0.2) is 10.9 Å². The fourth-order valence-corrected chi connectivity index (χ4v) is 1.12. The summed E-state index contributed by atoms with van der Waals surface area (Å²) in [6, 6.07) is 1.43. The highest BCUT2D eigenvalue weighted by atomic mass is 16.3. The van der Waals surface area contributed by atoms with Crippen molar-refractivity contribution in [3.63, 3.8) is 0 Å². The molecule has 2 N–H and O–H groups in total. The summed E-state index contributed by atoms with van der Waals surface area (Å²) in [6.45, 7) is 2.44. The molecule has 0 saturated heterocycles. The molecule has 0 radical (unpaired) electrons. The van der Waals surface area contributed by atoms with Crippen LogP contribution >= 0.6 is 0 Å². The first-order valence-corrected chi connectivity index (χ1v) is 4.59. The lowest BCUT2D eigenvalue weighted by atomic mass is 10.4. The Morgan fingerprint density at radius 1 is 1.64 bits per heavy atom. The number of H-pyrrole nitrogens is 1. The van der Waals surface area contributed by atoms with Gasteiger partial charge in [0.2, 0.25) is 0 Å². The van der Waals surface area contributed by atoms with Gasteiger partial charge in [0.05, 0.1) is 6.61 Å². The molecular weight excluding hydrogens is 182 g/mol. The normalized spacial score (nSPS) is 10.2. The first-order chi connectivity index (χ1) is 6.67. The Bertz CT molecular complexity index is 348. The highest BCUT2D eigenvalue weighted by molar-refractivity contribution is 5.36. The Morgan fingerprint density at radius 3 is 2.93 bits per heavy atom. The van der Waals surface area contributed by atoms with E-state index >= 15 is 0 Å². The van der Waals surface area contributed by atoms with Crippen LogP contribution in [0.4, 0.5) is 5.82 Å². The number of aromatic nitrogens is 2. The third-order valence-corrected chi connectivity index (χ3v) is 1.94. The molecule has 0 aliphatic heterocycles. The van der Waals surface area contributed by atoms with Crippen LogP contribution in [0.3, 0.4) is 0 Å². The number of hydrogen-bond donors (Lipinski definition) is 2. The van der Waals surface area contributed by atoms with Crippen molar-refractivity contribution in [3.05, 3.63) is 22.2 Å². The van der Waals surface area contributed by atoms with Crippen molar-refractivity contribution < 1.29 is 5.11 Å². The van der Waals surface area contributed by atoms with Crippen LogP contribution in [0.5, 0.6) is 0 Å². The summed E-state index contributed by atoms with van der Waals surface area (Å²) < 4.78 is 0. The van der Waals surface area contributed by atoms with Crippen LogP contribution in [0, 0.1) is 0 Å². The Kier molecular flexibility index (Phi) is 3.64. The SMILES string of the molecule is CCc1nc(N(C)CCO)cc(=O)[nH]1. The number of nitrogens with one attached hydrogen (secondary N) is 1. The summed E-state index contributed by atoms with van der Waals surface area (Å²) in [6.07, 6.45) is 0.691. The molecule has 0 amide bonds. The Balaban J connectivity index is 2.96. The molecule has 5 nitrogen and oxygen atoms in total. The second kappa shape index (κ2) is 4.76. The molecule has 14 heavy (non-hydrogen) atoms. The lowest BCUT2D eigenvalue weighted by Gasteiger charge is -2.16. The summed E-state index contributed by atoms with van der Waals surface area (Å²) in [5, 5.41) is 8.74. The van der Waals surface area contributed by atoms with Crippen LogP contribution in [-0.4, -0.2) is 35.3 Å². The summed E-state index contributed by atoms with van der Waals surface area (Å²) in [5.41, 5.74) is -0.156. The van der Waals surface area contributed by atoms with Gasteiger partial charge in [0.1, 0.15) is 11.6 Å². The minimum atomic E-state index is -0.156. The quantitative estimate of drug-likeness (QED) is 0.699. The van der Waals surface area contributed by atoms with E-state index in [1.165, 1.54) is 6.07 Å². The highest BCUT2D eigenvalue weighted by Crippen LogP contribution is 2.04. The lowest BCUT2D eigenvalue weighted by molar-refractivity contribution is 0.304. The van der Waals surface area contributed by atoms with Gasteiger partial charge in [0.15, 0.2) is 0 Å². The maximum Gasteiger partial charge on any atom is 0.252 e. The Hall–Kier alpha value is -1.36. The predicted molar refractivity (Wildman–Crippen MR) is 54.6 cm³/mol. The topological polar surface area (TPSA) is 69.2 Å². The molecule has 1 heterocycles. The van der Waals surface area contributed by atoms with Crippen LogP contribution in [0.25, 0.3) is 0 Å². The fourth-order valence-electron chi connectivity index (χ4n) is 1.12. The third-order valence-electron chi connectivity index (χ3n) is 1.94. The molecule has 0 atom stereocenters. The average Bonchev–Trinajstić information content (AvgIpc) is 2.17. The number of rotatable bonds is 4. The largest absolute Gasteiger partial charge is 0.395 e. The molecule has 0 aliphatic rings. The van der Waals surface area contributed by atoms with Crippen molar-refractivity contribution in [3.8, 4) is 0 Å². The molecular formula is C9H15N3O2. The molecule has 0 saturated carbocycles. The molecule has 0 aliphatic carbocycles. The maximum absolute atomic E-state index is 11.2. The summed E-state index contributed by atoms with van der Waals surface area (Å²) in [5.74, 6) is 1.26. The van der Waals surface area contributed by atoms with Gasteiger partial charge in [-0.1, -0.05) is 6.92 Å². The van der Waals surface area contributed by atoms with Crippen molar-refractivity contribution in [2.24, 2.45) is 0 Å². The average molecular weight is 197 g/mol. The van der Waals surface area contributed by atoms with E-state index in [1.807, 2.05) is 6.92 Å². The monoisotopic (exact) mass is 197 g/mol. The number of aryl methyl sites for hydroxylation is 1. The van der Waals surface area contributed by atoms with Gasteiger partial charge in [-0.15, -0.1) is 0 Å². The van der Waals surface area contributed by atoms with E-state index in [0.29, 0.717) is 24.6 Å². The standard InChI is InChI=1S/C9H15N3O2/c1-3-7-10-8(6-9(14)11-7)12(2)4-5-13/h6,13H,3-5H2,1-2H3,(H,10,11,14). The van der Waals surface area contributed by atoms with Crippen LogP contribution < -0.4 is 10.5 Å². The molecule has 78 valence electrons. The Morgan fingerprint density at radius 2 is 2.36 bits per heavy atom. The van der Waals surface area contributed by atoms with E-state index in [-0.39, 0.29) is 12.2 Å². The maximum atomic E-state index is 11.2. The summed E-state index contributed by atoms with van der Waals surface area (Å²) in [4.78, 5) is 19.8. The van der Waals surface area contributed by atoms with Gasteiger partial charge >= 0.3 is 0 Å². The van der Waals surface area contributed by atoms with Crippen molar-refractivity contribution in [2.45, 2.75) is 13.3 Å². The van der Waals surface area contributed by atoms with Crippen molar-refractivity contribution >= 4 is 5.82 Å².